The largest absolute Gasteiger partial charge is 0.308 e. The quantitative estimate of drug-likeness (QED) is 0.160. The Morgan fingerprint density at radius 2 is 0.952 bits per heavy atom. The molecule has 10 nitrogen and oxygen atoms in total. The summed E-state index contributed by atoms with van der Waals surface area (Å²) in [6, 6.07) is 49.4. The van der Waals surface area contributed by atoms with Gasteiger partial charge in [0.25, 0.3) is 0 Å². The summed E-state index contributed by atoms with van der Waals surface area (Å²) in [4.78, 5) is 21.5. The maximum atomic E-state index is 11.2. The van der Waals surface area contributed by atoms with E-state index in [0.717, 1.165) is 65.9 Å². The third-order valence-corrected chi connectivity index (χ3v) is 11.2. The van der Waals surface area contributed by atoms with E-state index in [0.29, 0.717) is 62.5 Å². The second-order valence-electron chi connectivity index (χ2n) is 14.9. The molecule has 10 heteroatoms. The second-order valence-corrected chi connectivity index (χ2v) is 14.9. The molecule has 3 heterocycles. The maximum absolute atomic E-state index is 11.2. The van der Waals surface area contributed by atoms with Crippen LogP contribution in [0.4, 0.5) is 11.4 Å². The van der Waals surface area contributed by atoms with Gasteiger partial charge in [0.15, 0.2) is 17.2 Å². The van der Waals surface area contributed by atoms with E-state index in [1.165, 1.54) is 0 Å². The van der Waals surface area contributed by atoms with Crippen molar-refractivity contribution < 1.29 is 0 Å². The number of fused-ring (bicyclic) bond motifs is 6. The van der Waals surface area contributed by atoms with Gasteiger partial charge in [-0.15, -0.1) is 0 Å². The fraction of sp³-hybridized carbons (Fsp3) is 0.0385. The van der Waals surface area contributed by atoms with Gasteiger partial charge in [-0.3, -0.25) is 0 Å². The van der Waals surface area contributed by atoms with Gasteiger partial charge in [0.1, 0.15) is 17.7 Å². The Bertz CT molecular complexity index is 3710. The first-order valence-corrected chi connectivity index (χ1v) is 19.5. The molecule has 10 rings (SSSR count). The Kier molecular flexibility index (Phi) is 8.61. The molecule has 0 spiro atoms. The van der Waals surface area contributed by atoms with Gasteiger partial charge >= 0.3 is 0 Å². The predicted molar refractivity (Wildman–Crippen MR) is 241 cm³/mol. The van der Waals surface area contributed by atoms with Crippen molar-refractivity contribution in [1.29, 1.82) is 15.8 Å². The lowest BCUT2D eigenvalue weighted by molar-refractivity contribution is 0.926. The highest BCUT2D eigenvalue weighted by Gasteiger charge is 2.24. The van der Waals surface area contributed by atoms with Crippen LogP contribution in [0, 0.1) is 61.0 Å². The highest BCUT2D eigenvalue weighted by Crippen LogP contribution is 2.42. The molecular formula is C52H28N10. The predicted octanol–water partition coefficient (Wildman–Crippen LogP) is 12.4. The minimum absolute atomic E-state index is 0.371. The van der Waals surface area contributed by atoms with Gasteiger partial charge in [-0.25, -0.2) is 24.6 Å². The number of nitriles is 3. The maximum Gasteiger partial charge on any atom is 0.189 e. The van der Waals surface area contributed by atoms with Crippen LogP contribution in [0.3, 0.4) is 0 Å². The molecule has 0 atom stereocenters. The van der Waals surface area contributed by atoms with E-state index >= 15 is 0 Å². The number of aromatic nitrogens is 5. The molecular weight excluding hydrogens is 765 g/mol. The van der Waals surface area contributed by atoms with Crippen LogP contribution < -0.4 is 0 Å². The molecule has 0 saturated heterocycles. The van der Waals surface area contributed by atoms with Gasteiger partial charge in [-0.05, 0) is 109 Å². The molecule has 286 valence electrons. The van der Waals surface area contributed by atoms with E-state index in [4.69, 9.17) is 23.1 Å². The summed E-state index contributed by atoms with van der Waals surface area (Å²) >= 11 is 0. The molecule has 0 unspecified atom stereocenters. The van der Waals surface area contributed by atoms with E-state index in [-0.39, 0.29) is 0 Å². The van der Waals surface area contributed by atoms with Crippen molar-refractivity contribution in [2.24, 2.45) is 0 Å². The van der Waals surface area contributed by atoms with Crippen LogP contribution in [0.15, 0.2) is 133 Å². The topological polar surface area (TPSA) is 129 Å². The molecule has 0 radical (unpaired) electrons. The van der Waals surface area contributed by atoms with E-state index in [2.05, 4.69) is 66.3 Å². The Morgan fingerprint density at radius 3 is 1.44 bits per heavy atom. The van der Waals surface area contributed by atoms with Crippen molar-refractivity contribution in [3.05, 3.63) is 185 Å². The lowest BCUT2D eigenvalue weighted by atomic mass is 10.0. The van der Waals surface area contributed by atoms with Crippen LogP contribution in [0.25, 0.3) is 98.3 Å². The summed E-state index contributed by atoms with van der Waals surface area (Å²) in [6.45, 7) is 19.0. The summed E-state index contributed by atoms with van der Waals surface area (Å²) in [5.41, 5.74) is 10.4. The van der Waals surface area contributed by atoms with Crippen LogP contribution in [0.2, 0.25) is 0 Å². The van der Waals surface area contributed by atoms with Crippen molar-refractivity contribution in [1.82, 2.24) is 24.1 Å². The fourth-order valence-electron chi connectivity index (χ4n) is 8.58. The lowest BCUT2D eigenvalue weighted by Gasteiger charge is -2.18. The van der Waals surface area contributed by atoms with E-state index in [1.54, 1.807) is 36.4 Å². The summed E-state index contributed by atoms with van der Waals surface area (Å²) in [6.07, 6.45) is 0. The van der Waals surface area contributed by atoms with Crippen molar-refractivity contribution in [3.8, 4) is 63.2 Å². The fourth-order valence-corrected chi connectivity index (χ4v) is 8.58. The summed E-state index contributed by atoms with van der Waals surface area (Å²) < 4.78 is 4.22. The standard InChI is InChI=1S/C52H28N10/c1-30-58-31(2)60-52(59-30)45-26-48(61-46-11-7-5-9-41(46)43-15-13-34(23-49(43)61)36-17-32(27-53)19-39(21-36)56-3)38(29-55)25-51(45)62-47-12-8-6-10-42(47)44-16-14-35(24-50(44)62)37-18-33(28-54)20-40(22-37)57-4/h5-26H,1-2H3. The molecule has 62 heavy (non-hydrogen) atoms. The normalized spacial score (nSPS) is 11.0. The number of hydrogen-bond donors (Lipinski definition) is 0. The number of para-hydroxylation sites is 2. The van der Waals surface area contributed by atoms with Crippen LogP contribution in [-0.4, -0.2) is 24.1 Å². The van der Waals surface area contributed by atoms with Crippen LogP contribution in [-0.2, 0) is 0 Å². The molecule has 3 aromatic heterocycles. The average molecular weight is 793 g/mol. The molecule has 7 aromatic carbocycles. The van der Waals surface area contributed by atoms with Gasteiger partial charge in [-0.2, -0.15) is 15.8 Å². The smallest absolute Gasteiger partial charge is 0.189 e. The lowest BCUT2D eigenvalue weighted by Crippen LogP contribution is -2.07. The van der Waals surface area contributed by atoms with Gasteiger partial charge in [-0.1, -0.05) is 60.7 Å². The molecule has 10 aromatic rings. The number of rotatable bonds is 5. The highest BCUT2D eigenvalue weighted by atomic mass is 15.1. The SMILES string of the molecule is [C-]#[N+]c1cc(C#N)cc(-c2ccc3c4ccccc4n(-c4cc(-c5nc(C)nc(C)n5)c(-n5c6ccccc6c6ccc(-c7cc(C#N)cc([N+]#[C-])c7)cc65)cc4C#N)c3c2)c1. The minimum Gasteiger partial charge on any atom is -0.308 e. The Morgan fingerprint density at radius 1 is 0.468 bits per heavy atom. The number of hydrogen-bond acceptors (Lipinski definition) is 6. The van der Waals surface area contributed by atoms with E-state index in [1.807, 2.05) is 86.6 Å². The molecule has 0 amide bonds. The van der Waals surface area contributed by atoms with Crippen molar-refractivity contribution in [3.63, 3.8) is 0 Å². The van der Waals surface area contributed by atoms with Gasteiger partial charge in [0, 0.05) is 38.2 Å². The minimum atomic E-state index is 0.371. The Balaban J connectivity index is 1.30. The molecule has 0 bridgehead atoms. The summed E-state index contributed by atoms with van der Waals surface area (Å²) in [5.74, 6) is 1.52. The van der Waals surface area contributed by atoms with Crippen LogP contribution >= 0.6 is 0 Å². The molecule has 0 N–H and O–H groups in total. The van der Waals surface area contributed by atoms with Crippen molar-refractivity contribution >= 4 is 55.0 Å². The van der Waals surface area contributed by atoms with Gasteiger partial charge in [0.05, 0.1) is 64.3 Å². The van der Waals surface area contributed by atoms with Crippen LogP contribution in [0.5, 0.6) is 0 Å². The number of nitrogens with zero attached hydrogens (tertiary/aromatic N) is 10. The number of benzene rings is 7. The first-order chi connectivity index (χ1) is 30.3. The first-order valence-electron chi connectivity index (χ1n) is 19.5. The Labute approximate surface area is 355 Å². The molecule has 0 aliphatic rings. The molecule has 0 fully saturated rings. The van der Waals surface area contributed by atoms with E-state index < -0.39 is 0 Å². The molecule has 0 saturated carbocycles. The highest BCUT2D eigenvalue weighted by molar-refractivity contribution is 6.12. The average Bonchev–Trinajstić information content (AvgIpc) is 3.82. The third kappa shape index (κ3) is 5.95. The second kappa shape index (κ2) is 14.5. The zero-order valence-electron chi connectivity index (χ0n) is 33.2. The monoisotopic (exact) mass is 792 g/mol. The van der Waals surface area contributed by atoms with E-state index in [9.17, 15) is 15.8 Å². The summed E-state index contributed by atoms with van der Waals surface area (Å²) in [7, 11) is 0. The molecule has 0 aliphatic heterocycles. The summed E-state index contributed by atoms with van der Waals surface area (Å²) in [5, 5.41) is 34.7. The third-order valence-electron chi connectivity index (χ3n) is 11.2. The van der Waals surface area contributed by atoms with Crippen molar-refractivity contribution in [2.45, 2.75) is 13.8 Å². The zero-order valence-corrected chi connectivity index (χ0v) is 33.2. The van der Waals surface area contributed by atoms with Gasteiger partial charge in [0.2, 0.25) is 0 Å². The van der Waals surface area contributed by atoms with Crippen LogP contribution in [0.1, 0.15) is 28.3 Å². The van der Waals surface area contributed by atoms with Gasteiger partial charge < -0.3 is 9.13 Å². The molecule has 0 aliphatic carbocycles. The zero-order chi connectivity index (χ0) is 42.6. The van der Waals surface area contributed by atoms with Crippen molar-refractivity contribution in [2.75, 3.05) is 0 Å². The first kappa shape index (κ1) is 36.9. The number of aryl methyl sites for hydroxylation is 2. The Hall–Kier alpha value is -9.40.